The minimum atomic E-state index is -0.106. The van der Waals surface area contributed by atoms with Crippen molar-refractivity contribution in [1.82, 2.24) is 10.5 Å². The third kappa shape index (κ3) is 3.87. The lowest BCUT2D eigenvalue weighted by Crippen LogP contribution is -2.27. The number of hydrogen-bond donors (Lipinski definition) is 2. The number of halogens is 1. The van der Waals surface area contributed by atoms with Crippen molar-refractivity contribution in [2.45, 2.75) is 25.2 Å². The van der Waals surface area contributed by atoms with Crippen LogP contribution in [0.5, 0.6) is 0 Å². The highest BCUT2D eigenvalue weighted by atomic mass is 79.9. The number of hydrogen-bond acceptors (Lipinski definition) is 3. The molecule has 0 saturated carbocycles. The van der Waals surface area contributed by atoms with Crippen molar-refractivity contribution in [3.8, 4) is 11.1 Å². The molecule has 5 heteroatoms. The van der Waals surface area contributed by atoms with E-state index in [9.17, 15) is 4.79 Å². The lowest BCUT2D eigenvalue weighted by atomic mass is 9.87. The highest BCUT2D eigenvalue weighted by molar-refractivity contribution is 8.93. The van der Waals surface area contributed by atoms with Crippen LogP contribution in [-0.4, -0.2) is 18.2 Å². The van der Waals surface area contributed by atoms with Crippen LogP contribution in [0.4, 0.5) is 0 Å². The lowest BCUT2D eigenvalue weighted by Gasteiger charge is -2.21. The number of fused-ring (bicyclic) bond motifs is 1. The van der Waals surface area contributed by atoms with Crippen LogP contribution in [0.25, 0.3) is 21.9 Å². The van der Waals surface area contributed by atoms with Crippen LogP contribution in [-0.2, 0) is 6.42 Å². The smallest absolute Gasteiger partial charge is 0.283 e. The van der Waals surface area contributed by atoms with Crippen molar-refractivity contribution in [2.24, 2.45) is 0 Å². The fourth-order valence-corrected chi connectivity index (χ4v) is 4.52. The number of H-pyrrole nitrogens is 1. The van der Waals surface area contributed by atoms with Gasteiger partial charge in [-0.15, -0.1) is 17.0 Å². The minimum absolute atomic E-state index is 0. The quantitative estimate of drug-likeness (QED) is 0.423. The average Bonchev–Trinajstić information content (AvgIpc) is 3.15. The fourth-order valence-electron chi connectivity index (χ4n) is 4.52. The van der Waals surface area contributed by atoms with E-state index in [4.69, 9.17) is 4.52 Å². The molecule has 4 aromatic rings. The minimum Gasteiger partial charge on any atom is -0.383 e. The second-order valence-electron chi connectivity index (χ2n) is 7.76. The largest absolute Gasteiger partial charge is 0.383 e. The molecule has 1 fully saturated rings. The van der Waals surface area contributed by atoms with E-state index in [1.165, 1.54) is 21.9 Å². The van der Waals surface area contributed by atoms with Gasteiger partial charge in [0.1, 0.15) is 5.76 Å². The highest BCUT2D eigenvalue weighted by Crippen LogP contribution is 2.35. The van der Waals surface area contributed by atoms with Crippen LogP contribution in [0.2, 0.25) is 0 Å². The summed E-state index contributed by atoms with van der Waals surface area (Å²) in [6, 6.07) is 23.2. The summed E-state index contributed by atoms with van der Waals surface area (Å²) >= 11 is 0. The average molecular weight is 465 g/mol. The van der Waals surface area contributed by atoms with Crippen LogP contribution in [0.15, 0.2) is 76.0 Å². The van der Waals surface area contributed by atoms with Gasteiger partial charge in [-0.05, 0) is 53.4 Å². The molecule has 1 aromatic heterocycles. The van der Waals surface area contributed by atoms with Gasteiger partial charge in [0, 0.05) is 12.3 Å². The molecule has 0 unspecified atom stereocenters. The van der Waals surface area contributed by atoms with Gasteiger partial charge in [0.25, 0.3) is 5.56 Å². The first-order valence-corrected chi connectivity index (χ1v) is 10.3. The molecule has 0 amide bonds. The van der Waals surface area contributed by atoms with Crippen LogP contribution in [0.1, 0.15) is 35.6 Å². The standard InChI is InChI=1S/C25H24N2O2.BrH/c28-25-22(24(29-27-25)19-12-14-26-15-13-19)16-20-11-10-17-6-4-5-9-21(17)23(20)18-7-2-1-3-8-18;/h1-11,19,26H,12-16H2,(H,27,28);1H. The van der Waals surface area contributed by atoms with Crippen LogP contribution in [0.3, 0.4) is 0 Å². The van der Waals surface area contributed by atoms with Gasteiger partial charge in [0.15, 0.2) is 0 Å². The van der Waals surface area contributed by atoms with E-state index in [0.29, 0.717) is 12.3 Å². The monoisotopic (exact) mass is 464 g/mol. The number of benzene rings is 3. The summed E-state index contributed by atoms with van der Waals surface area (Å²) in [7, 11) is 0. The summed E-state index contributed by atoms with van der Waals surface area (Å²) in [6.07, 6.45) is 2.56. The summed E-state index contributed by atoms with van der Waals surface area (Å²) in [6.45, 7) is 1.93. The first kappa shape index (κ1) is 20.6. The van der Waals surface area contributed by atoms with E-state index in [1.54, 1.807) is 0 Å². The van der Waals surface area contributed by atoms with Crippen molar-refractivity contribution < 1.29 is 4.52 Å². The molecule has 2 N–H and O–H groups in total. The van der Waals surface area contributed by atoms with Gasteiger partial charge in [0.05, 0.1) is 5.56 Å². The maximum absolute atomic E-state index is 12.6. The number of rotatable bonds is 4. The van der Waals surface area contributed by atoms with Crippen molar-refractivity contribution >= 4 is 27.8 Å². The van der Waals surface area contributed by atoms with E-state index < -0.39 is 0 Å². The molecule has 30 heavy (non-hydrogen) atoms. The molecule has 0 atom stereocenters. The third-order valence-corrected chi connectivity index (χ3v) is 5.98. The Kier molecular flexibility index (Phi) is 6.21. The van der Waals surface area contributed by atoms with Gasteiger partial charge in [0.2, 0.25) is 0 Å². The maximum atomic E-state index is 12.6. The topological polar surface area (TPSA) is 58.0 Å². The van der Waals surface area contributed by atoms with E-state index in [2.05, 4.69) is 71.1 Å². The molecule has 154 valence electrons. The molecule has 5 rings (SSSR count). The summed E-state index contributed by atoms with van der Waals surface area (Å²) in [4.78, 5) is 12.6. The molecular formula is C25H25BrN2O2. The molecule has 0 bridgehead atoms. The molecule has 0 spiro atoms. The Morgan fingerprint density at radius 3 is 2.43 bits per heavy atom. The predicted molar refractivity (Wildman–Crippen MR) is 127 cm³/mol. The second kappa shape index (κ2) is 9.02. The number of aromatic amines is 1. The molecular weight excluding hydrogens is 440 g/mol. The van der Waals surface area contributed by atoms with Gasteiger partial charge in [-0.25, -0.2) is 0 Å². The molecule has 0 radical (unpaired) electrons. The van der Waals surface area contributed by atoms with Crippen LogP contribution >= 0.6 is 17.0 Å². The van der Waals surface area contributed by atoms with Crippen molar-refractivity contribution in [2.75, 3.05) is 13.1 Å². The molecule has 0 aliphatic carbocycles. The van der Waals surface area contributed by atoms with E-state index >= 15 is 0 Å². The van der Waals surface area contributed by atoms with Gasteiger partial charge in [-0.1, -0.05) is 66.7 Å². The van der Waals surface area contributed by atoms with Crippen LogP contribution in [0, 0.1) is 0 Å². The molecule has 2 heterocycles. The number of nitrogens with one attached hydrogen (secondary N) is 2. The zero-order chi connectivity index (χ0) is 19.6. The fraction of sp³-hybridized carbons (Fsp3) is 0.240. The Morgan fingerprint density at radius 2 is 1.63 bits per heavy atom. The first-order chi connectivity index (χ1) is 14.3. The summed E-state index contributed by atoms with van der Waals surface area (Å²) in [5.41, 5.74) is 4.18. The SMILES string of the molecule is Br.O=c1[nH]oc(C2CCNCC2)c1Cc1ccc2ccccc2c1-c1ccccc1. The molecule has 1 saturated heterocycles. The predicted octanol–water partition coefficient (Wildman–Crippen LogP) is 5.42. The zero-order valence-corrected chi connectivity index (χ0v) is 18.4. The zero-order valence-electron chi connectivity index (χ0n) is 16.7. The molecule has 1 aliphatic rings. The van der Waals surface area contributed by atoms with Crippen LogP contribution < -0.4 is 10.9 Å². The Balaban J connectivity index is 0.00000218. The van der Waals surface area contributed by atoms with Crippen molar-refractivity contribution in [3.63, 3.8) is 0 Å². The maximum Gasteiger partial charge on any atom is 0.283 e. The van der Waals surface area contributed by atoms with Gasteiger partial charge in [-0.3, -0.25) is 4.79 Å². The Hall–Kier alpha value is -2.63. The van der Waals surface area contributed by atoms with E-state index in [-0.39, 0.29) is 22.5 Å². The van der Waals surface area contributed by atoms with Gasteiger partial charge < -0.3 is 9.84 Å². The number of piperidine rings is 1. The Labute approximate surface area is 186 Å². The van der Waals surface area contributed by atoms with Crippen molar-refractivity contribution in [3.05, 3.63) is 94.0 Å². The van der Waals surface area contributed by atoms with E-state index in [0.717, 1.165) is 42.8 Å². The first-order valence-electron chi connectivity index (χ1n) is 10.3. The summed E-state index contributed by atoms with van der Waals surface area (Å²) in [5, 5.41) is 8.39. The van der Waals surface area contributed by atoms with Crippen molar-refractivity contribution in [1.29, 1.82) is 0 Å². The third-order valence-electron chi connectivity index (χ3n) is 5.98. The molecule has 4 nitrogen and oxygen atoms in total. The Bertz CT molecular complexity index is 1190. The molecule has 3 aromatic carbocycles. The highest BCUT2D eigenvalue weighted by Gasteiger charge is 2.25. The van der Waals surface area contributed by atoms with E-state index in [1.807, 2.05) is 6.07 Å². The lowest BCUT2D eigenvalue weighted by molar-refractivity contribution is 0.324. The van der Waals surface area contributed by atoms with Gasteiger partial charge in [-0.2, -0.15) is 5.16 Å². The summed E-state index contributed by atoms with van der Waals surface area (Å²) in [5.74, 6) is 1.13. The normalized spacial score (nSPS) is 14.5. The van der Waals surface area contributed by atoms with Gasteiger partial charge >= 0.3 is 0 Å². The number of aromatic nitrogens is 1. The summed E-state index contributed by atoms with van der Waals surface area (Å²) < 4.78 is 5.67. The Morgan fingerprint density at radius 1 is 0.900 bits per heavy atom. The molecule has 1 aliphatic heterocycles. The second-order valence-corrected chi connectivity index (χ2v) is 7.76.